The van der Waals surface area contributed by atoms with Crippen LogP contribution in [-0.4, -0.2) is 43.1 Å². The second-order valence-corrected chi connectivity index (χ2v) is 6.10. The fourth-order valence-electron chi connectivity index (χ4n) is 3.27. The topological polar surface area (TPSA) is 102 Å². The molecular formula is C16H21N5O3. The number of carbonyl (C=O) groups is 2. The Morgan fingerprint density at radius 2 is 2.04 bits per heavy atom. The Bertz CT molecular complexity index is 804. The molecule has 8 heteroatoms. The largest absolute Gasteiger partial charge is 0.481 e. The molecule has 2 unspecified atom stereocenters. The van der Waals surface area contributed by atoms with Crippen molar-refractivity contribution in [3.8, 4) is 0 Å². The van der Waals surface area contributed by atoms with E-state index in [-0.39, 0.29) is 5.91 Å². The Balaban J connectivity index is 1.62. The molecule has 2 heterocycles. The van der Waals surface area contributed by atoms with Gasteiger partial charge in [-0.15, -0.1) is 0 Å². The van der Waals surface area contributed by atoms with Crippen LogP contribution < -0.4 is 5.32 Å². The third-order valence-corrected chi connectivity index (χ3v) is 4.52. The molecule has 1 amide bonds. The standard InChI is InChI=1S/C16H21N5O3/c1-10-14-13(20(2)19-10)9-18-21(14)8-7-17-15(22)11-5-3-4-6-12(11)16(23)24/h3-4,9,11-12H,5-8H2,1-2H3,(H,17,22)(H,23,24). The van der Waals surface area contributed by atoms with E-state index in [1.165, 1.54) is 0 Å². The first-order chi connectivity index (χ1) is 11.5. The molecule has 1 aliphatic carbocycles. The van der Waals surface area contributed by atoms with E-state index >= 15 is 0 Å². The maximum atomic E-state index is 12.3. The second-order valence-electron chi connectivity index (χ2n) is 6.10. The highest BCUT2D eigenvalue weighted by molar-refractivity contribution is 5.85. The van der Waals surface area contributed by atoms with Gasteiger partial charge in [0.2, 0.25) is 5.91 Å². The van der Waals surface area contributed by atoms with E-state index in [0.29, 0.717) is 25.9 Å². The van der Waals surface area contributed by atoms with Gasteiger partial charge in [-0.2, -0.15) is 10.2 Å². The van der Waals surface area contributed by atoms with Gasteiger partial charge in [0.1, 0.15) is 11.0 Å². The van der Waals surface area contributed by atoms with Crippen molar-refractivity contribution in [1.29, 1.82) is 0 Å². The van der Waals surface area contributed by atoms with E-state index in [0.717, 1.165) is 16.7 Å². The number of aliphatic carboxylic acids is 1. The Morgan fingerprint density at radius 1 is 1.33 bits per heavy atom. The highest BCUT2D eigenvalue weighted by atomic mass is 16.4. The van der Waals surface area contributed by atoms with Crippen LogP contribution in [0.5, 0.6) is 0 Å². The first-order valence-corrected chi connectivity index (χ1v) is 7.99. The molecule has 0 fully saturated rings. The monoisotopic (exact) mass is 331 g/mol. The van der Waals surface area contributed by atoms with Gasteiger partial charge < -0.3 is 10.4 Å². The number of aromatic nitrogens is 4. The van der Waals surface area contributed by atoms with Gasteiger partial charge in [-0.3, -0.25) is 19.0 Å². The summed E-state index contributed by atoms with van der Waals surface area (Å²) < 4.78 is 3.59. The highest BCUT2D eigenvalue weighted by Crippen LogP contribution is 2.26. The SMILES string of the molecule is Cc1nn(C)c2cnn(CCNC(=O)C3CC=CCC3C(=O)O)c12. The Labute approximate surface area is 139 Å². The van der Waals surface area contributed by atoms with Crippen LogP contribution in [0.1, 0.15) is 18.5 Å². The number of carboxylic acid groups (broad SMARTS) is 1. The van der Waals surface area contributed by atoms with Crippen LogP contribution in [0.15, 0.2) is 18.3 Å². The third-order valence-electron chi connectivity index (χ3n) is 4.52. The lowest BCUT2D eigenvalue weighted by molar-refractivity contribution is -0.147. The molecule has 128 valence electrons. The van der Waals surface area contributed by atoms with Crippen molar-refractivity contribution in [3.05, 3.63) is 24.0 Å². The number of nitrogens with zero attached hydrogens (tertiary/aromatic N) is 4. The maximum absolute atomic E-state index is 12.3. The predicted octanol–water partition coefficient (Wildman–Crippen LogP) is 0.861. The zero-order valence-corrected chi connectivity index (χ0v) is 13.8. The average Bonchev–Trinajstić information content (AvgIpc) is 3.10. The molecule has 0 bridgehead atoms. The fraction of sp³-hybridized carbons (Fsp3) is 0.500. The average molecular weight is 331 g/mol. The highest BCUT2D eigenvalue weighted by Gasteiger charge is 2.33. The smallest absolute Gasteiger partial charge is 0.307 e. The molecular weight excluding hydrogens is 310 g/mol. The Kier molecular flexibility index (Phi) is 4.37. The summed E-state index contributed by atoms with van der Waals surface area (Å²) >= 11 is 0. The summed E-state index contributed by atoms with van der Waals surface area (Å²) in [4.78, 5) is 23.6. The van der Waals surface area contributed by atoms with Gasteiger partial charge in [0.15, 0.2) is 0 Å². The molecule has 2 atom stereocenters. The minimum Gasteiger partial charge on any atom is -0.481 e. The van der Waals surface area contributed by atoms with E-state index in [1.807, 2.05) is 30.8 Å². The number of amides is 1. The van der Waals surface area contributed by atoms with Crippen LogP contribution in [0, 0.1) is 18.8 Å². The molecule has 1 aliphatic rings. The first kappa shape index (κ1) is 16.2. The van der Waals surface area contributed by atoms with Crippen molar-refractivity contribution in [1.82, 2.24) is 24.9 Å². The predicted molar refractivity (Wildman–Crippen MR) is 87.2 cm³/mol. The van der Waals surface area contributed by atoms with Crippen molar-refractivity contribution in [2.45, 2.75) is 26.3 Å². The molecule has 0 aromatic carbocycles. The van der Waals surface area contributed by atoms with Crippen molar-refractivity contribution in [2.75, 3.05) is 6.54 Å². The summed E-state index contributed by atoms with van der Waals surface area (Å²) in [5, 5.41) is 20.8. The molecule has 8 nitrogen and oxygen atoms in total. The number of allylic oxidation sites excluding steroid dienone is 2. The lowest BCUT2D eigenvalue weighted by atomic mass is 9.82. The van der Waals surface area contributed by atoms with E-state index in [4.69, 9.17) is 0 Å². The zero-order chi connectivity index (χ0) is 17.3. The van der Waals surface area contributed by atoms with Crippen molar-refractivity contribution < 1.29 is 14.7 Å². The number of aryl methyl sites for hydroxylation is 2. The molecule has 0 aliphatic heterocycles. The van der Waals surface area contributed by atoms with Gasteiger partial charge in [0, 0.05) is 13.6 Å². The summed E-state index contributed by atoms with van der Waals surface area (Å²) in [6.45, 7) is 2.84. The number of fused-ring (bicyclic) bond motifs is 1. The summed E-state index contributed by atoms with van der Waals surface area (Å²) in [5.41, 5.74) is 2.79. The van der Waals surface area contributed by atoms with E-state index in [9.17, 15) is 14.7 Å². The Morgan fingerprint density at radius 3 is 2.75 bits per heavy atom. The molecule has 0 spiro atoms. The molecule has 0 radical (unpaired) electrons. The van der Waals surface area contributed by atoms with Gasteiger partial charge >= 0.3 is 5.97 Å². The van der Waals surface area contributed by atoms with E-state index < -0.39 is 17.8 Å². The number of hydrogen-bond acceptors (Lipinski definition) is 4. The van der Waals surface area contributed by atoms with Gasteiger partial charge in [-0.25, -0.2) is 0 Å². The molecule has 2 aromatic heterocycles. The van der Waals surface area contributed by atoms with Gasteiger partial charge in [0.25, 0.3) is 0 Å². The summed E-state index contributed by atoms with van der Waals surface area (Å²) in [5.74, 6) is -2.28. The maximum Gasteiger partial charge on any atom is 0.307 e. The van der Waals surface area contributed by atoms with Gasteiger partial charge in [-0.1, -0.05) is 12.2 Å². The first-order valence-electron chi connectivity index (χ1n) is 7.99. The lowest BCUT2D eigenvalue weighted by Gasteiger charge is -2.24. The number of rotatable bonds is 5. The minimum atomic E-state index is -0.917. The normalized spacial score (nSPS) is 20.4. The van der Waals surface area contributed by atoms with E-state index in [2.05, 4.69) is 15.5 Å². The molecule has 2 aromatic rings. The lowest BCUT2D eigenvalue weighted by Crippen LogP contribution is -2.39. The van der Waals surface area contributed by atoms with E-state index in [1.54, 1.807) is 10.9 Å². The van der Waals surface area contributed by atoms with Crippen molar-refractivity contribution in [3.63, 3.8) is 0 Å². The quantitative estimate of drug-likeness (QED) is 0.791. The third kappa shape index (κ3) is 2.91. The molecule has 0 saturated carbocycles. The summed E-state index contributed by atoms with van der Waals surface area (Å²) in [6, 6.07) is 0. The van der Waals surface area contributed by atoms with Crippen LogP contribution in [0.25, 0.3) is 11.0 Å². The summed E-state index contributed by atoms with van der Waals surface area (Å²) in [6.07, 6.45) is 6.33. The van der Waals surface area contributed by atoms with Crippen LogP contribution in [0.4, 0.5) is 0 Å². The fourth-order valence-corrected chi connectivity index (χ4v) is 3.27. The van der Waals surface area contributed by atoms with Crippen molar-refractivity contribution in [2.24, 2.45) is 18.9 Å². The molecule has 24 heavy (non-hydrogen) atoms. The van der Waals surface area contributed by atoms with Crippen LogP contribution in [0.3, 0.4) is 0 Å². The molecule has 0 saturated heterocycles. The Hall–Kier alpha value is -2.64. The minimum absolute atomic E-state index is 0.210. The number of nitrogens with one attached hydrogen (secondary N) is 1. The number of carboxylic acids is 1. The van der Waals surface area contributed by atoms with Crippen LogP contribution >= 0.6 is 0 Å². The zero-order valence-electron chi connectivity index (χ0n) is 13.8. The summed E-state index contributed by atoms with van der Waals surface area (Å²) in [7, 11) is 1.87. The second kappa shape index (κ2) is 6.46. The number of carbonyl (C=O) groups excluding carboxylic acids is 1. The van der Waals surface area contributed by atoms with Crippen molar-refractivity contribution >= 4 is 22.9 Å². The molecule has 3 rings (SSSR count). The van der Waals surface area contributed by atoms with Crippen LogP contribution in [-0.2, 0) is 23.2 Å². The molecule has 2 N–H and O–H groups in total. The van der Waals surface area contributed by atoms with Crippen LogP contribution in [0.2, 0.25) is 0 Å². The number of hydrogen-bond donors (Lipinski definition) is 2. The van der Waals surface area contributed by atoms with Gasteiger partial charge in [-0.05, 0) is 19.8 Å². The van der Waals surface area contributed by atoms with Gasteiger partial charge in [0.05, 0.1) is 30.3 Å².